The molecule has 28 heavy (non-hydrogen) atoms. The van der Waals surface area contributed by atoms with Crippen LogP contribution in [0.15, 0.2) is 34.9 Å². The zero-order valence-electron chi connectivity index (χ0n) is 16.7. The molecule has 1 aromatic carbocycles. The number of carbonyl (C=O) groups excluding carboxylic acids is 2. The number of hydrogen-bond acceptors (Lipinski definition) is 4. The summed E-state index contributed by atoms with van der Waals surface area (Å²) in [4.78, 5) is 26.7. The van der Waals surface area contributed by atoms with E-state index >= 15 is 0 Å². The number of amides is 2. The average Bonchev–Trinajstić information content (AvgIpc) is 3.21. The smallest absolute Gasteiger partial charge is 0.292 e. The van der Waals surface area contributed by atoms with Crippen molar-refractivity contribution in [1.29, 1.82) is 0 Å². The molecule has 2 heterocycles. The van der Waals surface area contributed by atoms with Crippen molar-refractivity contribution in [1.82, 2.24) is 15.4 Å². The summed E-state index contributed by atoms with van der Waals surface area (Å²) >= 11 is 0. The second-order valence-electron chi connectivity index (χ2n) is 7.51. The first-order valence-corrected chi connectivity index (χ1v) is 10.2. The molecular weight excluding hydrogens is 354 g/mol. The molecule has 1 N–H and O–H groups in total. The van der Waals surface area contributed by atoms with Gasteiger partial charge in [0, 0.05) is 37.2 Å². The summed E-state index contributed by atoms with van der Waals surface area (Å²) in [5.74, 6) is 0.193. The van der Waals surface area contributed by atoms with E-state index in [1.54, 1.807) is 11.0 Å². The molecule has 150 valence electrons. The Labute approximate surface area is 166 Å². The quantitative estimate of drug-likeness (QED) is 0.738. The zero-order chi connectivity index (χ0) is 19.9. The monoisotopic (exact) mass is 383 g/mol. The minimum absolute atomic E-state index is 0.0106. The number of carbonyl (C=O) groups is 2. The van der Waals surface area contributed by atoms with Crippen molar-refractivity contribution in [3.05, 3.63) is 41.7 Å². The van der Waals surface area contributed by atoms with Crippen LogP contribution in [0.1, 0.15) is 55.1 Å². The lowest BCUT2D eigenvalue weighted by atomic mass is 9.95. The van der Waals surface area contributed by atoms with Gasteiger partial charge in [0.25, 0.3) is 5.91 Å². The standard InChI is InChI=1S/C22H29N3O3/c1-3-4-5-12-23-21(26)18-10-13-25(14-11-18)22(27)20-15-19(24-28-20)17-8-6-16(2)7-9-17/h6-9,15,18H,3-5,10-14H2,1-2H3,(H,23,26). The van der Waals surface area contributed by atoms with Gasteiger partial charge in [-0.15, -0.1) is 0 Å². The Bertz CT molecular complexity index is 790. The molecule has 1 aromatic heterocycles. The van der Waals surface area contributed by atoms with Gasteiger partial charge >= 0.3 is 0 Å². The average molecular weight is 383 g/mol. The third-order valence-corrected chi connectivity index (χ3v) is 5.30. The Morgan fingerprint density at radius 1 is 1.18 bits per heavy atom. The molecule has 1 aliphatic rings. The number of nitrogens with one attached hydrogen (secondary N) is 1. The summed E-state index contributed by atoms with van der Waals surface area (Å²) in [5.41, 5.74) is 2.75. The van der Waals surface area contributed by atoms with Crippen molar-refractivity contribution in [3.63, 3.8) is 0 Å². The lowest BCUT2D eigenvalue weighted by Crippen LogP contribution is -2.43. The summed E-state index contributed by atoms with van der Waals surface area (Å²) in [6.07, 6.45) is 4.67. The molecular formula is C22H29N3O3. The molecule has 3 rings (SSSR count). The Morgan fingerprint density at radius 3 is 2.57 bits per heavy atom. The molecule has 0 aliphatic carbocycles. The highest BCUT2D eigenvalue weighted by molar-refractivity contribution is 5.92. The highest BCUT2D eigenvalue weighted by Gasteiger charge is 2.29. The summed E-state index contributed by atoms with van der Waals surface area (Å²) in [7, 11) is 0. The molecule has 0 bridgehead atoms. The van der Waals surface area contributed by atoms with E-state index in [0.29, 0.717) is 31.6 Å². The van der Waals surface area contributed by atoms with E-state index < -0.39 is 0 Å². The van der Waals surface area contributed by atoms with Gasteiger partial charge in [-0.2, -0.15) is 0 Å². The SMILES string of the molecule is CCCCCNC(=O)C1CCN(C(=O)c2cc(-c3ccc(C)cc3)no2)CC1. The first-order valence-electron chi connectivity index (χ1n) is 10.2. The van der Waals surface area contributed by atoms with E-state index in [1.807, 2.05) is 31.2 Å². The number of piperidine rings is 1. The van der Waals surface area contributed by atoms with E-state index in [1.165, 1.54) is 5.56 Å². The van der Waals surface area contributed by atoms with Crippen molar-refractivity contribution in [2.45, 2.75) is 46.0 Å². The van der Waals surface area contributed by atoms with Crippen LogP contribution in [0.3, 0.4) is 0 Å². The van der Waals surface area contributed by atoms with Crippen molar-refractivity contribution in [2.24, 2.45) is 5.92 Å². The highest BCUT2D eigenvalue weighted by atomic mass is 16.5. The van der Waals surface area contributed by atoms with Crippen LogP contribution >= 0.6 is 0 Å². The maximum absolute atomic E-state index is 12.7. The molecule has 2 aromatic rings. The first-order chi connectivity index (χ1) is 13.6. The number of hydrogen-bond donors (Lipinski definition) is 1. The maximum Gasteiger partial charge on any atom is 0.292 e. The summed E-state index contributed by atoms with van der Waals surface area (Å²) < 4.78 is 5.29. The molecule has 1 fully saturated rings. The molecule has 1 saturated heterocycles. The third kappa shape index (κ3) is 5.00. The van der Waals surface area contributed by atoms with Gasteiger partial charge in [0.05, 0.1) is 0 Å². The molecule has 6 nitrogen and oxygen atoms in total. The Balaban J connectivity index is 1.51. The van der Waals surface area contributed by atoms with Gasteiger partial charge < -0.3 is 14.7 Å². The molecule has 0 unspecified atom stereocenters. The number of benzene rings is 1. The first kappa shape index (κ1) is 20.1. The Kier molecular flexibility index (Phi) is 6.85. The van der Waals surface area contributed by atoms with E-state index in [2.05, 4.69) is 17.4 Å². The van der Waals surface area contributed by atoms with Gasteiger partial charge in [-0.1, -0.05) is 54.8 Å². The lowest BCUT2D eigenvalue weighted by molar-refractivity contribution is -0.126. The summed E-state index contributed by atoms with van der Waals surface area (Å²) in [6, 6.07) is 9.63. The van der Waals surface area contributed by atoms with Crippen molar-refractivity contribution < 1.29 is 14.1 Å². The minimum atomic E-state index is -0.160. The fourth-order valence-electron chi connectivity index (χ4n) is 3.47. The molecule has 6 heteroatoms. The van der Waals surface area contributed by atoms with Crippen LogP contribution in [0.2, 0.25) is 0 Å². The van der Waals surface area contributed by atoms with Crippen LogP contribution in [-0.2, 0) is 4.79 Å². The zero-order valence-corrected chi connectivity index (χ0v) is 16.7. The van der Waals surface area contributed by atoms with Crippen LogP contribution in [-0.4, -0.2) is 41.5 Å². The van der Waals surface area contributed by atoms with Gasteiger partial charge in [-0.05, 0) is 26.2 Å². The molecule has 2 amide bonds. The van der Waals surface area contributed by atoms with Crippen LogP contribution in [0.25, 0.3) is 11.3 Å². The van der Waals surface area contributed by atoms with Crippen molar-refractivity contribution in [3.8, 4) is 11.3 Å². The van der Waals surface area contributed by atoms with E-state index in [4.69, 9.17) is 4.52 Å². The predicted octanol–water partition coefficient (Wildman–Crippen LogP) is 3.81. The second kappa shape index (κ2) is 9.53. The van der Waals surface area contributed by atoms with Crippen LogP contribution in [0.5, 0.6) is 0 Å². The van der Waals surface area contributed by atoms with Crippen molar-refractivity contribution in [2.75, 3.05) is 19.6 Å². The molecule has 0 saturated carbocycles. The van der Waals surface area contributed by atoms with Gasteiger partial charge in [-0.3, -0.25) is 9.59 Å². The van der Waals surface area contributed by atoms with Crippen LogP contribution < -0.4 is 5.32 Å². The topological polar surface area (TPSA) is 75.4 Å². The van der Waals surface area contributed by atoms with Gasteiger partial charge in [0.15, 0.2) is 0 Å². The van der Waals surface area contributed by atoms with E-state index in [9.17, 15) is 9.59 Å². The minimum Gasteiger partial charge on any atom is -0.356 e. The van der Waals surface area contributed by atoms with E-state index in [0.717, 1.165) is 31.4 Å². The normalized spacial score (nSPS) is 14.9. The largest absolute Gasteiger partial charge is 0.356 e. The predicted molar refractivity (Wildman–Crippen MR) is 108 cm³/mol. The molecule has 0 atom stereocenters. The van der Waals surface area contributed by atoms with Gasteiger partial charge in [0.1, 0.15) is 5.69 Å². The van der Waals surface area contributed by atoms with Gasteiger partial charge in [-0.25, -0.2) is 0 Å². The fraction of sp³-hybridized carbons (Fsp3) is 0.500. The fourth-order valence-corrected chi connectivity index (χ4v) is 3.47. The van der Waals surface area contributed by atoms with Crippen LogP contribution in [0, 0.1) is 12.8 Å². The summed E-state index contributed by atoms with van der Waals surface area (Å²) in [6.45, 7) is 6.04. The third-order valence-electron chi connectivity index (χ3n) is 5.30. The van der Waals surface area contributed by atoms with E-state index in [-0.39, 0.29) is 23.5 Å². The lowest BCUT2D eigenvalue weighted by Gasteiger charge is -2.30. The number of rotatable bonds is 7. The molecule has 0 radical (unpaired) electrons. The molecule has 0 spiro atoms. The molecule has 1 aliphatic heterocycles. The number of nitrogens with zero attached hydrogens (tertiary/aromatic N) is 2. The Morgan fingerprint density at radius 2 is 1.89 bits per heavy atom. The highest BCUT2D eigenvalue weighted by Crippen LogP contribution is 2.23. The number of likely N-dealkylation sites (tertiary alicyclic amines) is 1. The van der Waals surface area contributed by atoms with Crippen molar-refractivity contribution >= 4 is 11.8 Å². The maximum atomic E-state index is 12.7. The number of aromatic nitrogens is 1. The van der Waals surface area contributed by atoms with Gasteiger partial charge in [0.2, 0.25) is 11.7 Å². The number of unbranched alkanes of at least 4 members (excludes halogenated alkanes) is 2. The number of aryl methyl sites for hydroxylation is 1. The second-order valence-corrected chi connectivity index (χ2v) is 7.51. The summed E-state index contributed by atoms with van der Waals surface area (Å²) in [5, 5.41) is 7.05. The van der Waals surface area contributed by atoms with Crippen LogP contribution in [0.4, 0.5) is 0 Å². The Hall–Kier alpha value is -2.63.